The number of halogens is 1. The van der Waals surface area contributed by atoms with Crippen molar-refractivity contribution < 1.29 is 4.39 Å². The fourth-order valence-corrected chi connectivity index (χ4v) is 3.05. The van der Waals surface area contributed by atoms with Gasteiger partial charge in [0.1, 0.15) is 0 Å². The molecule has 0 aromatic carbocycles. The van der Waals surface area contributed by atoms with Crippen molar-refractivity contribution in [1.82, 2.24) is 10.3 Å². The summed E-state index contributed by atoms with van der Waals surface area (Å²) in [4.78, 5) is 6.48. The van der Waals surface area contributed by atoms with E-state index in [0.29, 0.717) is 30.2 Å². The lowest BCUT2D eigenvalue weighted by molar-refractivity contribution is 0.479. The van der Waals surface area contributed by atoms with Gasteiger partial charge in [-0.05, 0) is 37.3 Å². The molecular formula is C17H28FN3. The maximum absolute atomic E-state index is 14.7. The van der Waals surface area contributed by atoms with Crippen molar-refractivity contribution in [3.8, 4) is 0 Å². The summed E-state index contributed by atoms with van der Waals surface area (Å²) >= 11 is 0. The summed E-state index contributed by atoms with van der Waals surface area (Å²) in [5, 5.41) is 3.31. The molecule has 1 saturated heterocycles. The third kappa shape index (κ3) is 3.94. The van der Waals surface area contributed by atoms with Crippen LogP contribution >= 0.6 is 0 Å². The second-order valence-electron chi connectivity index (χ2n) is 6.78. The van der Waals surface area contributed by atoms with Crippen LogP contribution in [0.15, 0.2) is 12.3 Å². The standard InChI is InChI=1S/C17H28FN3/c1-12(2)10-19-11-14-7-8-20-17(16(14)18)21-9-5-6-15(21)13(3)4/h7-8,12-13,15,19H,5-6,9-11H2,1-4H3. The molecule has 118 valence electrons. The fraction of sp³-hybridized carbons (Fsp3) is 0.706. The number of nitrogens with zero attached hydrogens (tertiary/aromatic N) is 2. The molecule has 1 aromatic rings. The minimum atomic E-state index is -0.152. The average molecular weight is 293 g/mol. The van der Waals surface area contributed by atoms with Gasteiger partial charge in [0.2, 0.25) is 0 Å². The Morgan fingerprint density at radius 2 is 2.14 bits per heavy atom. The molecule has 0 amide bonds. The van der Waals surface area contributed by atoms with Gasteiger partial charge >= 0.3 is 0 Å². The first kappa shape index (κ1) is 16.2. The van der Waals surface area contributed by atoms with Crippen molar-refractivity contribution in [1.29, 1.82) is 0 Å². The lowest BCUT2D eigenvalue weighted by Gasteiger charge is -2.29. The Morgan fingerprint density at radius 1 is 1.38 bits per heavy atom. The van der Waals surface area contributed by atoms with E-state index >= 15 is 0 Å². The highest BCUT2D eigenvalue weighted by Crippen LogP contribution is 2.30. The van der Waals surface area contributed by atoms with Crippen LogP contribution in [0.4, 0.5) is 10.2 Å². The molecule has 1 unspecified atom stereocenters. The van der Waals surface area contributed by atoms with Crippen molar-refractivity contribution in [2.45, 2.75) is 53.1 Å². The number of aromatic nitrogens is 1. The molecule has 1 N–H and O–H groups in total. The zero-order chi connectivity index (χ0) is 15.4. The summed E-state index contributed by atoms with van der Waals surface area (Å²) in [6.07, 6.45) is 3.99. The molecule has 0 spiro atoms. The minimum absolute atomic E-state index is 0.152. The first-order valence-electron chi connectivity index (χ1n) is 8.11. The van der Waals surface area contributed by atoms with Crippen LogP contribution in [-0.2, 0) is 6.54 Å². The monoisotopic (exact) mass is 293 g/mol. The summed E-state index contributed by atoms with van der Waals surface area (Å²) in [5.74, 6) is 1.48. The molecule has 1 aliphatic heterocycles. The summed E-state index contributed by atoms with van der Waals surface area (Å²) < 4.78 is 14.7. The topological polar surface area (TPSA) is 28.2 Å². The zero-order valence-electron chi connectivity index (χ0n) is 13.7. The highest BCUT2D eigenvalue weighted by molar-refractivity contribution is 5.45. The quantitative estimate of drug-likeness (QED) is 0.869. The molecule has 1 aliphatic rings. The number of nitrogens with one attached hydrogen (secondary N) is 1. The lowest BCUT2D eigenvalue weighted by Crippen LogP contribution is -2.35. The van der Waals surface area contributed by atoms with Crippen LogP contribution in [0.1, 0.15) is 46.1 Å². The van der Waals surface area contributed by atoms with Crippen molar-refractivity contribution in [2.24, 2.45) is 11.8 Å². The Labute approximate surface area is 127 Å². The van der Waals surface area contributed by atoms with Gasteiger partial charge in [-0.15, -0.1) is 0 Å². The summed E-state index contributed by atoms with van der Waals surface area (Å²) in [7, 11) is 0. The molecule has 1 aromatic heterocycles. The minimum Gasteiger partial charge on any atom is -0.351 e. The van der Waals surface area contributed by atoms with Crippen LogP contribution in [0.3, 0.4) is 0 Å². The van der Waals surface area contributed by atoms with Gasteiger partial charge in [0.15, 0.2) is 11.6 Å². The van der Waals surface area contributed by atoms with Crippen molar-refractivity contribution >= 4 is 5.82 Å². The highest BCUT2D eigenvalue weighted by atomic mass is 19.1. The second kappa shape index (κ2) is 7.21. The van der Waals surface area contributed by atoms with E-state index in [2.05, 4.69) is 42.9 Å². The van der Waals surface area contributed by atoms with E-state index < -0.39 is 0 Å². The number of pyridine rings is 1. The first-order chi connectivity index (χ1) is 10.0. The average Bonchev–Trinajstić information content (AvgIpc) is 2.89. The maximum atomic E-state index is 14.7. The van der Waals surface area contributed by atoms with E-state index in [4.69, 9.17) is 0 Å². The Morgan fingerprint density at radius 3 is 2.81 bits per heavy atom. The molecule has 1 atom stereocenters. The van der Waals surface area contributed by atoms with Gasteiger partial charge in [-0.1, -0.05) is 27.7 Å². The van der Waals surface area contributed by atoms with Crippen molar-refractivity contribution in [3.63, 3.8) is 0 Å². The second-order valence-corrected chi connectivity index (χ2v) is 6.78. The van der Waals surface area contributed by atoms with E-state index in [0.717, 1.165) is 31.5 Å². The van der Waals surface area contributed by atoms with Crippen LogP contribution in [0.2, 0.25) is 0 Å². The summed E-state index contributed by atoms with van der Waals surface area (Å²) in [6.45, 7) is 11.1. The third-order valence-electron chi connectivity index (χ3n) is 4.16. The third-order valence-corrected chi connectivity index (χ3v) is 4.16. The Bertz CT molecular complexity index is 459. The van der Waals surface area contributed by atoms with Crippen LogP contribution in [0.5, 0.6) is 0 Å². The predicted octanol–water partition coefficient (Wildman–Crippen LogP) is 3.59. The van der Waals surface area contributed by atoms with Crippen molar-refractivity contribution in [2.75, 3.05) is 18.0 Å². The van der Waals surface area contributed by atoms with Gasteiger partial charge in [-0.25, -0.2) is 9.37 Å². The number of anilines is 1. The van der Waals surface area contributed by atoms with Gasteiger partial charge < -0.3 is 10.2 Å². The molecule has 1 fully saturated rings. The number of hydrogen-bond acceptors (Lipinski definition) is 3. The van der Waals surface area contributed by atoms with Gasteiger partial charge in [0.05, 0.1) is 0 Å². The molecule has 0 bridgehead atoms. The summed E-state index contributed by atoms with van der Waals surface area (Å²) in [6, 6.07) is 2.19. The van der Waals surface area contributed by atoms with Gasteiger partial charge in [-0.3, -0.25) is 0 Å². The Kier molecular flexibility index (Phi) is 5.57. The Hall–Kier alpha value is -1.16. The first-order valence-corrected chi connectivity index (χ1v) is 8.11. The SMILES string of the molecule is CC(C)CNCc1ccnc(N2CCCC2C(C)C)c1F. The van der Waals surface area contributed by atoms with Crippen LogP contribution in [0.25, 0.3) is 0 Å². The molecule has 0 aliphatic carbocycles. The molecule has 2 heterocycles. The molecule has 3 nitrogen and oxygen atoms in total. The highest BCUT2D eigenvalue weighted by Gasteiger charge is 2.30. The van der Waals surface area contributed by atoms with Crippen LogP contribution in [-0.4, -0.2) is 24.1 Å². The summed E-state index contributed by atoms with van der Waals surface area (Å²) in [5.41, 5.74) is 0.718. The van der Waals surface area contributed by atoms with E-state index in [1.165, 1.54) is 0 Å². The van der Waals surface area contributed by atoms with E-state index in [-0.39, 0.29) is 5.82 Å². The number of rotatable bonds is 6. The van der Waals surface area contributed by atoms with Crippen LogP contribution in [0, 0.1) is 17.7 Å². The normalized spacial score (nSPS) is 19.0. The van der Waals surface area contributed by atoms with E-state index in [1.54, 1.807) is 12.3 Å². The van der Waals surface area contributed by atoms with Gasteiger partial charge in [-0.2, -0.15) is 0 Å². The predicted molar refractivity (Wildman–Crippen MR) is 85.9 cm³/mol. The number of hydrogen-bond donors (Lipinski definition) is 1. The van der Waals surface area contributed by atoms with E-state index in [1.807, 2.05) is 0 Å². The molecule has 0 saturated carbocycles. The zero-order valence-corrected chi connectivity index (χ0v) is 13.7. The van der Waals surface area contributed by atoms with Gasteiger partial charge in [0, 0.05) is 30.9 Å². The largest absolute Gasteiger partial charge is 0.351 e. The molecular weight excluding hydrogens is 265 g/mol. The lowest BCUT2D eigenvalue weighted by atomic mass is 10.0. The maximum Gasteiger partial charge on any atom is 0.170 e. The fourth-order valence-electron chi connectivity index (χ4n) is 3.05. The smallest absolute Gasteiger partial charge is 0.170 e. The van der Waals surface area contributed by atoms with Gasteiger partial charge in [0.25, 0.3) is 0 Å². The van der Waals surface area contributed by atoms with Crippen molar-refractivity contribution in [3.05, 3.63) is 23.6 Å². The molecule has 0 radical (unpaired) electrons. The Balaban J connectivity index is 2.13. The molecule has 21 heavy (non-hydrogen) atoms. The van der Waals surface area contributed by atoms with Crippen LogP contribution < -0.4 is 10.2 Å². The van der Waals surface area contributed by atoms with E-state index in [9.17, 15) is 4.39 Å². The molecule has 2 rings (SSSR count). The molecule has 4 heteroatoms.